The van der Waals surface area contributed by atoms with Crippen LogP contribution in [0.15, 0.2) is 42.7 Å². The Balaban J connectivity index is 1.32. The number of carbonyl (C=O) groups is 1. The molecule has 0 spiro atoms. The maximum atomic E-state index is 11.6. The van der Waals surface area contributed by atoms with Crippen molar-refractivity contribution in [1.82, 2.24) is 15.0 Å². The van der Waals surface area contributed by atoms with Gasteiger partial charge in [-0.2, -0.15) is 0 Å². The normalized spacial score (nSPS) is 20.0. The zero-order chi connectivity index (χ0) is 22.8. The van der Waals surface area contributed by atoms with Gasteiger partial charge in [-0.3, -0.25) is 4.79 Å². The molecule has 3 N–H and O–H groups in total. The Hall–Kier alpha value is -3.08. The number of rotatable bonds is 6. The number of nitrogens with one attached hydrogen (secondary N) is 1. The molecule has 2 aliphatic heterocycles. The molecular formula is C23H26N6O3S. The van der Waals surface area contributed by atoms with Crippen molar-refractivity contribution in [2.75, 3.05) is 36.5 Å². The van der Waals surface area contributed by atoms with Crippen LogP contribution in [0.1, 0.15) is 25.3 Å². The predicted molar refractivity (Wildman–Crippen MR) is 126 cm³/mol. The van der Waals surface area contributed by atoms with Crippen LogP contribution in [0.4, 0.5) is 16.8 Å². The zero-order valence-corrected chi connectivity index (χ0v) is 19.2. The maximum Gasteiger partial charge on any atom is 0.222 e. The lowest BCUT2D eigenvalue weighted by molar-refractivity contribution is -0.149. The molecule has 5 heterocycles. The Morgan fingerprint density at radius 2 is 2.09 bits per heavy atom. The van der Waals surface area contributed by atoms with Gasteiger partial charge in [0.1, 0.15) is 11.6 Å². The molecule has 0 unspecified atom stereocenters. The molecule has 0 saturated carbocycles. The van der Waals surface area contributed by atoms with Crippen LogP contribution in [0.2, 0.25) is 0 Å². The molecule has 2 aliphatic rings. The van der Waals surface area contributed by atoms with Crippen molar-refractivity contribution in [2.45, 2.75) is 25.6 Å². The summed E-state index contributed by atoms with van der Waals surface area (Å²) in [6.07, 6.45) is 5.33. The van der Waals surface area contributed by atoms with Crippen LogP contribution in [0.3, 0.4) is 0 Å². The molecule has 9 nitrogen and oxygen atoms in total. The van der Waals surface area contributed by atoms with E-state index < -0.39 is 5.79 Å². The van der Waals surface area contributed by atoms with Crippen molar-refractivity contribution in [3.05, 3.63) is 48.3 Å². The van der Waals surface area contributed by atoms with Crippen molar-refractivity contribution < 1.29 is 14.3 Å². The average molecular weight is 467 g/mol. The fraction of sp³-hybridized carbons (Fsp3) is 0.391. The van der Waals surface area contributed by atoms with E-state index >= 15 is 0 Å². The van der Waals surface area contributed by atoms with Crippen LogP contribution in [0, 0.1) is 5.92 Å². The first-order chi connectivity index (χ1) is 16.0. The Morgan fingerprint density at radius 1 is 1.24 bits per heavy atom. The minimum Gasteiger partial charge on any atom is -0.369 e. The second kappa shape index (κ2) is 9.05. The lowest BCUT2D eigenvalue weighted by atomic mass is 9.98. The molecule has 0 aliphatic carbocycles. The standard InChI is InChI=1S/C23H26N6O3S/c1-23(31-10-11-32-23)16-7-8-25-20(12-16)28-19-6-2-5-17(27-19)18-13-26-22(33-18)29-9-3-4-15(14-29)21(24)30/h2,5-8,12-13,15H,3-4,9-11,14H2,1H3,(H2,24,30)(H,25,27,28)/t15-/m1/s1. The lowest BCUT2D eigenvalue weighted by Crippen LogP contribution is -2.41. The first-order valence-corrected chi connectivity index (χ1v) is 11.8. The predicted octanol–water partition coefficient (Wildman–Crippen LogP) is 3.26. The molecular weight excluding hydrogens is 440 g/mol. The summed E-state index contributed by atoms with van der Waals surface area (Å²) in [5.74, 6) is 0.220. The molecule has 0 radical (unpaired) electrons. The topological polar surface area (TPSA) is 115 Å². The highest BCUT2D eigenvalue weighted by atomic mass is 32.1. The fourth-order valence-corrected chi connectivity index (χ4v) is 5.07. The number of amides is 1. The Morgan fingerprint density at radius 3 is 2.91 bits per heavy atom. The van der Waals surface area contributed by atoms with E-state index in [2.05, 4.69) is 20.2 Å². The van der Waals surface area contributed by atoms with Gasteiger partial charge in [-0.1, -0.05) is 17.4 Å². The SMILES string of the molecule is CC1(c2ccnc(Nc3cccc(-c4cnc(N5CCC[C@@H](C(N)=O)C5)s4)n3)c2)OCCO1. The fourth-order valence-electron chi connectivity index (χ4n) is 4.15. The lowest BCUT2D eigenvalue weighted by Gasteiger charge is -2.30. The van der Waals surface area contributed by atoms with Crippen LogP contribution in [0.25, 0.3) is 10.6 Å². The summed E-state index contributed by atoms with van der Waals surface area (Å²) >= 11 is 1.56. The highest BCUT2D eigenvalue weighted by Crippen LogP contribution is 2.34. The van der Waals surface area contributed by atoms with E-state index in [-0.39, 0.29) is 11.8 Å². The molecule has 1 amide bonds. The van der Waals surface area contributed by atoms with Gasteiger partial charge in [0.05, 0.1) is 29.7 Å². The average Bonchev–Trinajstić information content (AvgIpc) is 3.50. The van der Waals surface area contributed by atoms with E-state index in [0.29, 0.717) is 31.4 Å². The molecule has 3 aromatic heterocycles. The number of nitrogens with zero attached hydrogens (tertiary/aromatic N) is 4. The first kappa shape index (κ1) is 21.7. The molecule has 2 saturated heterocycles. The monoisotopic (exact) mass is 466 g/mol. The number of anilines is 3. The van der Waals surface area contributed by atoms with Crippen molar-refractivity contribution >= 4 is 34.0 Å². The quantitative estimate of drug-likeness (QED) is 0.569. The number of aromatic nitrogens is 3. The van der Waals surface area contributed by atoms with Gasteiger partial charge in [0.2, 0.25) is 5.91 Å². The van der Waals surface area contributed by atoms with Gasteiger partial charge in [-0.25, -0.2) is 15.0 Å². The van der Waals surface area contributed by atoms with Gasteiger partial charge in [-0.05, 0) is 44.0 Å². The van der Waals surface area contributed by atoms with Crippen LogP contribution in [-0.4, -0.2) is 47.2 Å². The summed E-state index contributed by atoms with van der Waals surface area (Å²) in [6.45, 7) is 4.55. The van der Waals surface area contributed by atoms with E-state index in [9.17, 15) is 4.79 Å². The number of pyridine rings is 2. The smallest absolute Gasteiger partial charge is 0.222 e. The molecule has 0 bridgehead atoms. The van der Waals surface area contributed by atoms with Crippen molar-refractivity contribution in [2.24, 2.45) is 11.7 Å². The number of nitrogens with two attached hydrogens (primary N) is 1. The molecule has 33 heavy (non-hydrogen) atoms. The summed E-state index contributed by atoms with van der Waals surface area (Å²) in [7, 11) is 0. The number of thiazole rings is 1. The van der Waals surface area contributed by atoms with Gasteiger partial charge in [-0.15, -0.1) is 0 Å². The summed E-state index contributed by atoms with van der Waals surface area (Å²) in [6, 6.07) is 9.60. The summed E-state index contributed by atoms with van der Waals surface area (Å²) in [4.78, 5) is 28.4. The second-order valence-electron chi connectivity index (χ2n) is 8.30. The van der Waals surface area contributed by atoms with E-state index in [1.807, 2.05) is 43.5 Å². The Labute approximate surface area is 196 Å². The third-order valence-corrected chi connectivity index (χ3v) is 7.05. The molecule has 0 aromatic carbocycles. The van der Waals surface area contributed by atoms with Gasteiger partial charge in [0, 0.05) is 31.0 Å². The van der Waals surface area contributed by atoms with Gasteiger partial charge in [0.15, 0.2) is 10.9 Å². The number of ether oxygens (including phenoxy) is 2. The molecule has 5 rings (SSSR count). The highest BCUT2D eigenvalue weighted by Gasteiger charge is 2.33. The number of primary amides is 1. The van der Waals surface area contributed by atoms with Crippen molar-refractivity contribution in [3.63, 3.8) is 0 Å². The van der Waals surface area contributed by atoms with Crippen LogP contribution < -0.4 is 16.0 Å². The first-order valence-electron chi connectivity index (χ1n) is 11.0. The van der Waals surface area contributed by atoms with Crippen LogP contribution in [0.5, 0.6) is 0 Å². The number of hydrogen-bond donors (Lipinski definition) is 2. The van der Waals surface area contributed by atoms with E-state index in [1.54, 1.807) is 17.5 Å². The number of hydrogen-bond acceptors (Lipinski definition) is 9. The maximum absolute atomic E-state index is 11.6. The number of carbonyl (C=O) groups excluding carboxylic acids is 1. The third kappa shape index (κ3) is 4.68. The van der Waals surface area contributed by atoms with Gasteiger partial charge >= 0.3 is 0 Å². The van der Waals surface area contributed by atoms with Gasteiger partial charge < -0.3 is 25.4 Å². The van der Waals surface area contributed by atoms with E-state index in [0.717, 1.165) is 40.7 Å². The molecule has 3 aromatic rings. The van der Waals surface area contributed by atoms with Crippen molar-refractivity contribution in [1.29, 1.82) is 0 Å². The molecule has 172 valence electrons. The van der Waals surface area contributed by atoms with Crippen LogP contribution >= 0.6 is 11.3 Å². The minimum atomic E-state index is -0.754. The molecule has 10 heteroatoms. The largest absolute Gasteiger partial charge is 0.369 e. The van der Waals surface area contributed by atoms with Crippen LogP contribution in [-0.2, 0) is 20.1 Å². The minimum absolute atomic E-state index is 0.123. The molecule has 1 atom stereocenters. The highest BCUT2D eigenvalue weighted by molar-refractivity contribution is 7.18. The number of piperidine rings is 1. The summed E-state index contributed by atoms with van der Waals surface area (Å²) in [5.41, 5.74) is 7.23. The van der Waals surface area contributed by atoms with Gasteiger partial charge in [0.25, 0.3) is 0 Å². The van der Waals surface area contributed by atoms with E-state index in [4.69, 9.17) is 20.2 Å². The van der Waals surface area contributed by atoms with Crippen molar-refractivity contribution in [3.8, 4) is 10.6 Å². The summed E-state index contributed by atoms with van der Waals surface area (Å²) < 4.78 is 11.5. The Kier molecular flexibility index (Phi) is 5.96. The Bertz CT molecular complexity index is 1150. The van der Waals surface area contributed by atoms with E-state index in [1.165, 1.54) is 0 Å². The third-order valence-electron chi connectivity index (χ3n) is 5.97. The molecule has 2 fully saturated rings. The second-order valence-corrected chi connectivity index (χ2v) is 9.31. The summed E-state index contributed by atoms with van der Waals surface area (Å²) in [5, 5.41) is 4.16. The zero-order valence-electron chi connectivity index (χ0n) is 18.4.